The van der Waals surface area contributed by atoms with Gasteiger partial charge in [0.2, 0.25) is 0 Å². The number of methoxy groups -OCH3 is 2. The van der Waals surface area contributed by atoms with Crippen molar-refractivity contribution in [3.05, 3.63) is 47.2 Å². The molecular formula is C24H28ClN3O6. The lowest BCUT2D eigenvalue weighted by molar-refractivity contribution is -0.146. The molecule has 2 aliphatic heterocycles. The topological polar surface area (TPSA) is 92.5 Å². The number of esters is 1. The van der Waals surface area contributed by atoms with Gasteiger partial charge in [0, 0.05) is 37.3 Å². The first-order valence-corrected chi connectivity index (χ1v) is 11.5. The summed E-state index contributed by atoms with van der Waals surface area (Å²) >= 11 is 6.09. The van der Waals surface area contributed by atoms with E-state index in [4.69, 9.17) is 20.8 Å². The Kier molecular flexibility index (Phi) is 7.25. The second-order valence-electron chi connectivity index (χ2n) is 8.48. The van der Waals surface area contributed by atoms with Crippen molar-refractivity contribution in [2.45, 2.75) is 24.9 Å². The SMILES string of the molecule is COCCN1C(=O)N(CC(=O)OC)C(=O)C12CCN(Cc1ccc(-c3cccc(Cl)c3)o1)CC2. The largest absolute Gasteiger partial charge is 0.468 e. The average Bonchev–Trinajstić information content (AvgIpc) is 3.37. The lowest BCUT2D eigenvalue weighted by Gasteiger charge is -2.42. The predicted molar refractivity (Wildman–Crippen MR) is 124 cm³/mol. The normalized spacial score (nSPS) is 18.2. The van der Waals surface area contributed by atoms with Gasteiger partial charge in [0.05, 0.1) is 20.3 Å². The number of ether oxygens (including phenoxy) is 2. The lowest BCUT2D eigenvalue weighted by atomic mass is 9.85. The Morgan fingerprint density at radius 1 is 1.15 bits per heavy atom. The fourth-order valence-corrected chi connectivity index (χ4v) is 4.84. The summed E-state index contributed by atoms with van der Waals surface area (Å²) in [7, 11) is 2.78. The van der Waals surface area contributed by atoms with E-state index in [2.05, 4.69) is 9.64 Å². The van der Waals surface area contributed by atoms with Gasteiger partial charge < -0.3 is 18.8 Å². The van der Waals surface area contributed by atoms with Gasteiger partial charge in [-0.2, -0.15) is 0 Å². The van der Waals surface area contributed by atoms with E-state index >= 15 is 0 Å². The summed E-state index contributed by atoms with van der Waals surface area (Å²) in [4.78, 5) is 42.9. The zero-order valence-electron chi connectivity index (χ0n) is 19.3. The molecule has 2 aromatic rings. The quantitative estimate of drug-likeness (QED) is 0.415. The molecule has 0 saturated carbocycles. The minimum Gasteiger partial charge on any atom is -0.468 e. The molecule has 1 aromatic heterocycles. The maximum Gasteiger partial charge on any atom is 0.328 e. The minimum absolute atomic E-state index is 0.278. The van der Waals surface area contributed by atoms with Crippen LogP contribution in [0.2, 0.25) is 5.02 Å². The molecule has 1 spiro atoms. The van der Waals surface area contributed by atoms with Gasteiger partial charge in [-0.15, -0.1) is 0 Å². The van der Waals surface area contributed by atoms with E-state index in [-0.39, 0.29) is 19.0 Å². The molecule has 2 aliphatic rings. The third-order valence-corrected chi connectivity index (χ3v) is 6.72. The van der Waals surface area contributed by atoms with Crippen LogP contribution in [0, 0.1) is 0 Å². The van der Waals surface area contributed by atoms with Crippen molar-refractivity contribution in [1.82, 2.24) is 14.7 Å². The van der Waals surface area contributed by atoms with Gasteiger partial charge in [0.1, 0.15) is 23.6 Å². The van der Waals surface area contributed by atoms with Crippen LogP contribution in [-0.2, 0) is 25.6 Å². The molecule has 182 valence electrons. The molecule has 0 aliphatic carbocycles. The molecule has 2 saturated heterocycles. The molecule has 3 amide bonds. The standard InChI is InChI=1S/C24H28ClN3O6/c1-32-13-12-28-23(31)27(16-21(29)33-2)22(30)24(28)8-10-26(11-9-24)15-19-6-7-20(34-19)17-4-3-5-18(25)14-17/h3-7,14H,8-13,15-16H2,1-2H3. The summed E-state index contributed by atoms with van der Waals surface area (Å²) in [5.74, 6) is 0.575. The van der Waals surface area contributed by atoms with Crippen LogP contribution >= 0.6 is 11.6 Å². The molecule has 9 nitrogen and oxygen atoms in total. The Balaban J connectivity index is 1.44. The maximum absolute atomic E-state index is 13.3. The predicted octanol–water partition coefficient (Wildman–Crippen LogP) is 3.02. The summed E-state index contributed by atoms with van der Waals surface area (Å²) in [6.07, 6.45) is 0.918. The van der Waals surface area contributed by atoms with Crippen LogP contribution in [0.5, 0.6) is 0 Å². The number of furan rings is 1. The molecule has 4 rings (SSSR count). The van der Waals surface area contributed by atoms with Crippen LogP contribution in [0.4, 0.5) is 4.79 Å². The number of carbonyl (C=O) groups excluding carboxylic acids is 3. The highest BCUT2D eigenvalue weighted by atomic mass is 35.5. The van der Waals surface area contributed by atoms with Gasteiger partial charge >= 0.3 is 12.0 Å². The Morgan fingerprint density at radius 3 is 2.59 bits per heavy atom. The molecule has 0 unspecified atom stereocenters. The number of hydrogen-bond acceptors (Lipinski definition) is 7. The summed E-state index contributed by atoms with van der Waals surface area (Å²) in [5.41, 5.74) is -0.0687. The van der Waals surface area contributed by atoms with Crippen molar-refractivity contribution >= 4 is 29.5 Å². The molecule has 10 heteroatoms. The summed E-state index contributed by atoms with van der Waals surface area (Å²) in [5, 5.41) is 0.645. The first-order chi connectivity index (χ1) is 16.4. The molecule has 1 aromatic carbocycles. The molecule has 2 fully saturated rings. The van der Waals surface area contributed by atoms with E-state index in [9.17, 15) is 14.4 Å². The van der Waals surface area contributed by atoms with E-state index in [0.29, 0.717) is 44.1 Å². The minimum atomic E-state index is -0.977. The van der Waals surface area contributed by atoms with Crippen LogP contribution in [0.1, 0.15) is 18.6 Å². The van der Waals surface area contributed by atoms with Crippen LogP contribution < -0.4 is 0 Å². The fraction of sp³-hybridized carbons (Fsp3) is 0.458. The van der Waals surface area contributed by atoms with Crippen molar-refractivity contribution in [3.63, 3.8) is 0 Å². The van der Waals surface area contributed by atoms with Crippen molar-refractivity contribution in [2.75, 3.05) is 47.0 Å². The first-order valence-electron chi connectivity index (χ1n) is 11.1. The number of imide groups is 1. The third kappa shape index (κ3) is 4.68. The molecule has 0 atom stereocenters. The highest BCUT2D eigenvalue weighted by Gasteiger charge is 2.58. The van der Waals surface area contributed by atoms with Gasteiger partial charge in [0.15, 0.2) is 0 Å². The Labute approximate surface area is 203 Å². The van der Waals surface area contributed by atoms with Crippen LogP contribution in [-0.4, -0.2) is 85.2 Å². The van der Waals surface area contributed by atoms with Gasteiger partial charge in [-0.1, -0.05) is 23.7 Å². The number of likely N-dealkylation sites (tertiary alicyclic amines) is 1. The number of piperidine rings is 1. The third-order valence-electron chi connectivity index (χ3n) is 6.49. The molecule has 3 heterocycles. The van der Waals surface area contributed by atoms with E-state index in [1.54, 1.807) is 12.0 Å². The zero-order valence-corrected chi connectivity index (χ0v) is 20.0. The zero-order chi connectivity index (χ0) is 24.3. The van der Waals surface area contributed by atoms with Gasteiger partial charge in [0.25, 0.3) is 5.91 Å². The lowest BCUT2D eigenvalue weighted by Crippen LogP contribution is -2.57. The molecule has 34 heavy (non-hydrogen) atoms. The monoisotopic (exact) mass is 489 g/mol. The second-order valence-corrected chi connectivity index (χ2v) is 8.91. The summed E-state index contributed by atoms with van der Waals surface area (Å²) in [6.45, 7) is 1.98. The number of carbonyl (C=O) groups is 3. The first kappa shape index (κ1) is 24.3. The number of halogens is 1. The van der Waals surface area contributed by atoms with Crippen LogP contribution in [0.3, 0.4) is 0 Å². The van der Waals surface area contributed by atoms with E-state index in [1.807, 2.05) is 36.4 Å². The number of hydrogen-bond donors (Lipinski definition) is 0. The summed E-state index contributed by atoms with van der Waals surface area (Å²) in [6, 6.07) is 10.9. The van der Waals surface area contributed by atoms with E-state index in [1.165, 1.54) is 7.11 Å². The molecule has 0 radical (unpaired) electrons. The highest BCUT2D eigenvalue weighted by molar-refractivity contribution is 6.30. The number of amides is 3. The maximum atomic E-state index is 13.3. The number of urea groups is 1. The van der Waals surface area contributed by atoms with E-state index in [0.717, 1.165) is 22.0 Å². The Hall–Kier alpha value is -2.88. The Morgan fingerprint density at radius 2 is 1.91 bits per heavy atom. The number of benzene rings is 1. The van der Waals surface area contributed by atoms with Gasteiger partial charge in [-0.05, 0) is 37.1 Å². The molecule has 0 N–H and O–H groups in total. The smallest absolute Gasteiger partial charge is 0.328 e. The van der Waals surface area contributed by atoms with Crippen LogP contribution in [0.25, 0.3) is 11.3 Å². The fourth-order valence-electron chi connectivity index (χ4n) is 4.65. The van der Waals surface area contributed by atoms with Gasteiger partial charge in [-0.3, -0.25) is 19.4 Å². The number of rotatable bonds is 8. The van der Waals surface area contributed by atoms with Crippen molar-refractivity contribution in [1.29, 1.82) is 0 Å². The molecule has 0 bridgehead atoms. The second kappa shape index (κ2) is 10.2. The van der Waals surface area contributed by atoms with Crippen molar-refractivity contribution < 1.29 is 28.3 Å². The van der Waals surface area contributed by atoms with Crippen molar-refractivity contribution in [3.8, 4) is 11.3 Å². The highest BCUT2D eigenvalue weighted by Crippen LogP contribution is 2.37. The number of nitrogens with zero attached hydrogens (tertiary/aromatic N) is 3. The van der Waals surface area contributed by atoms with E-state index < -0.39 is 17.5 Å². The van der Waals surface area contributed by atoms with Crippen molar-refractivity contribution in [2.24, 2.45) is 0 Å². The Bertz CT molecular complexity index is 1060. The average molecular weight is 490 g/mol. The van der Waals surface area contributed by atoms with Crippen LogP contribution in [0.15, 0.2) is 40.8 Å². The molecular weight excluding hydrogens is 462 g/mol. The van der Waals surface area contributed by atoms with Gasteiger partial charge in [-0.25, -0.2) is 4.79 Å². The summed E-state index contributed by atoms with van der Waals surface area (Å²) < 4.78 is 15.9.